The Bertz CT molecular complexity index is 797. The average Bonchev–Trinajstić information content (AvgIpc) is 2.51. The Morgan fingerprint density at radius 2 is 1.95 bits per heavy atom. The zero-order valence-electron chi connectivity index (χ0n) is 11.8. The van der Waals surface area contributed by atoms with Gasteiger partial charge in [-0.2, -0.15) is 0 Å². The molecule has 0 radical (unpaired) electrons. The number of nitrogens with zero attached hydrogens (tertiary/aromatic N) is 1. The molecular formula is C18H15NO2. The molecule has 1 aliphatic carbocycles. The highest BCUT2D eigenvalue weighted by molar-refractivity contribution is 6.23. The largest absolute Gasteiger partial charge is 0.338 e. The van der Waals surface area contributed by atoms with Gasteiger partial charge in [0.05, 0.1) is 0 Å². The second kappa shape index (κ2) is 5.02. The molecule has 3 rings (SSSR count). The smallest absolute Gasteiger partial charge is 0.245 e. The highest BCUT2D eigenvalue weighted by Gasteiger charge is 2.22. The summed E-state index contributed by atoms with van der Waals surface area (Å²) in [5.41, 5.74) is 2.36. The van der Waals surface area contributed by atoms with Crippen molar-refractivity contribution in [1.82, 2.24) is 4.90 Å². The molecule has 0 spiro atoms. The van der Waals surface area contributed by atoms with Crippen molar-refractivity contribution >= 4 is 28.5 Å². The minimum Gasteiger partial charge on any atom is -0.338 e. The number of amides is 1. The fraction of sp³-hybridized carbons (Fsp3) is 0.111. The molecule has 1 aliphatic rings. The maximum absolute atomic E-state index is 12.6. The summed E-state index contributed by atoms with van der Waals surface area (Å²) in [5, 5.41) is 2.05. The van der Waals surface area contributed by atoms with Crippen molar-refractivity contribution < 1.29 is 9.59 Å². The molecule has 0 N–H and O–H groups in total. The molecule has 0 atom stereocenters. The lowest BCUT2D eigenvalue weighted by molar-refractivity contribution is -0.124. The Morgan fingerprint density at radius 3 is 2.67 bits per heavy atom. The van der Waals surface area contributed by atoms with Crippen LogP contribution < -0.4 is 0 Å². The van der Waals surface area contributed by atoms with E-state index >= 15 is 0 Å². The van der Waals surface area contributed by atoms with Crippen molar-refractivity contribution in [3.05, 3.63) is 65.8 Å². The van der Waals surface area contributed by atoms with Gasteiger partial charge < -0.3 is 4.90 Å². The molecule has 3 nitrogen and oxygen atoms in total. The summed E-state index contributed by atoms with van der Waals surface area (Å²) < 4.78 is 0. The van der Waals surface area contributed by atoms with E-state index in [1.807, 2.05) is 42.5 Å². The number of rotatable bonds is 3. The molecule has 21 heavy (non-hydrogen) atoms. The monoisotopic (exact) mass is 277 g/mol. The summed E-state index contributed by atoms with van der Waals surface area (Å²) in [4.78, 5) is 25.7. The molecule has 0 aromatic heterocycles. The van der Waals surface area contributed by atoms with Gasteiger partial charge in [0.2, 0.25) is 5.91 Å². The number of benzene rings is 2. The van der Waals surface area contributed by atoms with Crippen LogP contribution in [0.15, 0.2) is 54.6 Å². The predicted molar refractivity (Wildman–Crippen MR) is 84.1 cm³/mol. The lowest BCUT2D eigenvalue weighted by Gasteiger charge is -2.21. The van der Waals surface area contributed by atoms with Crippen LogP contribution in [0, 0.1) is 0 Å². The van der Waals surface area contributed by atoms with Crippen molar-refractivity contribution in [3.63, 3.8) is 0 Å². The van der Waals surface area contributed by atoms with Gasteiger partial charge in [-0.25, -0.2) is 0 Å². The molecule has 0 heterocycles. The van der Waals surface area contributed by atoms with Crippen LogP contribution >= 0.6 is 0 Å². The van der Waals surface area contributed by atoms with Gasteiger partial charge in [-0.3, -0.25) is 9.59 Å². The second-order valence-electron chi connectivity index (χ2n) is 5.15. The average molecular weight is 277 g/mol. The van der Waals surface area contributed by atoms with Crippen molar-refractivity contribution in [2.45, 2.75) is 0 Å². The van der Waals surface area contributed by atoms with Gasteiger partial charge in [0, 0.05) is 30.1 Å². The van der Waals surface area contributed by atoms with Crippen LogP contribution in [0.3, 0.4) is 0 Å². The minimum absolute atomic E-state index is 0.0111. The highest BCUT2D eigenvalue weighted by Crippen LogP contribution is 2.31. The van der Waals surface area contributed by atoms with Gasteiger partial charge in [-0.1, -0.05) is 43.0 Å². The van der Waals surface area contributed by atoms with Gasteiger partial charge in [0.1, 0.15) is 0 Å². The van der Waals surface area contributed by atoms with Crippen LogP contribution in [-0.2, 0) is 4.79 Å². The molecule has 2 aromatic carbocycles. The number of hydrogen-bond donors (Lipinski definition) is 0. The highest BCUT2D eigenvalue weighted by atomic mass is 16.2. The van der Waals surface area contributed by atoms with E-state index in [9.17, 15) is 9.59 Å². The summed E-state index contributed by atoms with van der Waals surface area (Å²) in [7, 11) is 1.67. The fourth-order valence-corrected chi connectivity index (χ4v) is 2.71. The summed E-state index contributed by atoms with van der Waals surface area (Å²) in [6.07, 6.45) is 3.13. The molecular weight excluding hydrogens is 262 g/mol. The normalized spacial score (nSPS) is 13.0. The third-order valence-corrected chi connectivity index (χ3v) is 3.76. The van der Waals surface area contributed by atoms with Gasteiger partial charge in [-0.15, -0.1) is 0 Å². The predicted octanol–water partition coefficient (Wildman–Crippen LogP) is 3.06. The quantitative estimate of drug-likeness (QED) is 0.809. The SMILES string of the molecule is C=CC(=O)N(C)CC1=Cc2cccc3cccc(c23)C1=O. The molecule has 0 saturated heterocycles. The molecule has 1 amide bonds. The van der Waals surface area contributed by atoms with E-state index < -0.39 is 0 Å². The molecule has 0 saturated carbocycles. The van der Waals surface area contributed by atoms with E-state index in [2.05, 4.69) is 6.58 Å². The summed E-state index contributed by atoms with van der Waals surface area (Å²) in [5.74, 6) is -0.205. The van der Waals surface area contributed by atoms with E-state index in [0.717, 1.165) is 16.3 Å². The number of likely N-dealkylation sites (N-methyl/N-ethyl adjacent to an activating group) is 1. The Morgan fingerprint density at radius 1 is 1.24 bits per heavy atom. The minimum atomic E-state index is -0.194. The van der Waals surface area contributed by atoms with E-state index in [0.29, 0.717) is 11.1 Å². The van der Waals surface area contributed by atoms with Crippen molar-refractivity contribution in [2.24, 2.45) is 0 Å². The first-order chi connectivity index (χ1) is 10.1. The van der Waals surface area contributed by atoms with E-state index in [1.54, 1.807) is 7.05 Å². The number of carbonyl (C=O) groups excluding carboxylic acids is 2. The van der Waals surface area contributed by atoms with Crippen LogP contribution in [0.25, 0.3) is 16.8 Å². The maximum Gasteiger partial charge on any atom is 0.245 e. The first-order valence-electron chi connectivity index (χ1n) is 6.76. The zero-order valence-corrected chi connectivity index (χ0v) is 11.8. The molecule has 0 fully saturated rings. The van der Waals surface area contributed by atoms with Crippen molar-refractivity contribution in [3.8, 4) is 0 Å². The Balaban J connectivity index is 2.08. The first kappa shape index (κ1) is 13.3. The van der Waals surface area contributed by atoms with Crippen LogP contribution in [0.4, 0.5) is 0 Å². The summed E-state index contributed by atoms with van der Waals surface area (Å²) >= 11 is 0. The molecule has 104 valence electrons. The summed E-state index contributed by atoms with van der Waals surface area (Å²) in [6.45, 7) is 3.75. The number of ketones is 1. The van der Waals surface area contributed by atoms with Crippen LogP contribution in [0.2, 0.25) is 0 Å². The Labute approximate surface area is 123 Å². The van der Waals surface area contributed by atoms with Crippen LogP contribution in [-0.4, -0.2) is 30.2 Å². The zero-order chi connectivity index (χ0) is 15.0. The lowest BCUT2D eigenvalue weighted by atomic mass is 9.88. The number of carbonyl (C=O) groups is 2. The lowest BCUT2D eigenvalue weighted by Crippen LogP contribution is -2.29. The Hall–Kier alpha value is -2.68. The third-order valence-electron chi connectivity index (χ3n) is 3.76. The van der Waals surface area contributed by atoms with Crippen LogP contribution in [0.5, 0.6) is 0 Å². The Kier molecular flexibility index (Phi) is 3.18. The van der Waals surface area contributed by atoms with Gasteiger partial charge >= 0.3 is 0 Å². The maximum atomic E-state index is 12.6. The van der Waals surface area contributed by atoms with Crippen molar-refractivity contribution in [2.75, 3.05) is 13.6 Å². The van der Waals surface area contributed by atoms with E-state index in [1.165, 1.54) is 11.0 Å². The van der Waals surface area contributed by atoms with Gasteiger partial charge in [-0.05, 0) is 23.1 Å². The van der Waals surface area contributed by atoms with Gasteiger partial charge in [0.15, 0.2) is 5.78 Å². The summed E-state index contributed by atoms with van der Waals surface area (Å²) in [6, 6.07) is 11.7. The standard InChI is InChI=1S/C18H15NO2/c1-3-16(20)19(2)11-14-10-13-8-4-6-12-7-5-9-15(17(12)13)18(14)21/h3-10H,1,11H2,2H3. The molecule has 0 aliphatic heterocycles. The van der Waals surface area contributed by atoms with E-state index in [-0.39, 0.29) is 18.2 Å². The number of Topliss-reactive ketones (excluding diaryl/α,β-unsaturated/α-hetero) is 1. The second-order valence-corrected chi connectivity index (χ2v) is 5.15. The fourth-order valence-electron chi connectivity index (χ4n) is 2.71. The van der Waals surface area contributed by atoms with Gasteiger partial charge in [0.25, 0.3) is 0 Å². The third kappa shape index (κ3) is 2.17. The van der Waals surface area contributed by atoms with Crippen molar-refractivity contribution in [1.29, 1.82) is 0 Å². The molecule has 0 bridgehead atoms. The number of hydrogen-bond acceptors (Lipinski definition) is 2. The topological polar surface area (TPSA) is 37.4 Å². The molecule has 2 aromatic rings. The first-order valence-corrected chi connectivity index (χ1v) is 6.76. The molecule has 3 heteroatoms. The van der Waals surface area contributed by atoms with E-state index in [4.69, 9.17) is 0 Å². The van der Waals surface area contributed by atoms with Crippen LogP contribution in [0.1, 0.15) is 15.9 Å². The molecule has 0 unspecified atom stereocenters.